The van der Waals surface area contributed by atoms with Crippen LogP contribution in [-0.2, 0) is 28.7 Å². The van der Waals surface area contributed by atoms with Crippen LogP contribution in [0.25, 0.3) is 0 Å². The minimum atomic E-state index is -1.14. The van der Waals surface area contributed by atoms with Crippen LogP contribution in [0.15, 0.2) is 11.1 Å². The van der Waals surface area contributed by atoms with Gasteiger partial charge in [-0.3, -0.25) is 24.0 Å². The number of allylic oxidation sites excluding steroid dienone is 1. The average molecular weight is 778 g/mol. The zero-order chi connectivity index (χ0) is 41.2. The highest BCUT2D eigenvalue weighted by Crippen LogP contribution is 2.76. The summed E-state index contributed by atoms with van der Waals surface area (Å²) < 4.78 is 6.41. The van der Waals surface area contributed by atoms with E-state index in [2.05, 4.69) is 64.4 Å². The molecular weight excluding hydrogens is 707 g/mol. The Kier molecular flexibility index (Phi) is 9.90. The lowest BCUT2D eigenvalue weighted by Gasteiger charge is -2.72. The first-order valence-electron chi connectivity index (χ1n) is 22.0. The molecule has 1 heterocycles. The summed E-state index contributed by atoms with van der Waals surface area (Å²) in [6, 6.07) is -0.288. The number of amides is 2. The second-order valence-electron chi connectivity index (χ2n) is 22.3. The third kappa shape index (κ3) is 5.89. The smallest absolute Gasteiger partial charge is 0.309 e. The SMILES string of the molecule is CC(C)C1=C2[C@H]3CC[C@@H]4[C@@]5(C)CC[C@H](OC(=O)C6C[C@@H](C(=O)O)C6(C)C)C(C)(C)[C@@H]5CC[C@@]4(C)[C@]3(C)CC[C@@]2(NC(=O)C(C)(C)NC(=O)[C@@H]2CCCN2)CC1=O. The molecule has 4 N–H and O–H groups in total. The van der Waals surface area contributed by atoms with Gasteiger partial charge in [0.1, 0.15) is 11.6 Å². The van der Waals surface area contributed by atoms with Gasteiger partial charge in [0.15, 0.2) is 5.78 Å². The van der Waals surface area contributed by atoms with Crippen LogP contribution in [0.2, 0.25) is 0 Å². The molecule has 10 nitrogen and oxygen atoms in total. The Labute approximate surface area is 335 Å². The molecule has 0 aromatic carbocycles. The monoisotopic (exact) mass is 778 g/mol. The summed E-state index contributed by atoms with van der Waals surface area (Å²) in [6.07, 6.45) is 9.57. The van der Waals surface area contributed by atoms with E-state index in [4.69, 9.17) is 4.74 Å². The van der Waals surface area contributed by atoms with E-state index >= 15 is 0 Å². The molecule has 6 fully saturated rings. The number of ketones is 1. The zero-order valence-electron chi connectivity index (χ0n) is 36.2. The maximum atomic E-state index is 14.3. The van der Waals surface area contributed by atoms with E-state index in [1.165, 1.54) is 5.57 Å². The van der Waals surface area contributed by atoms with Crippen molar-refractivity contribution in [1.82, 2.24) is 16.0 Å². The first-order chi connectivity index (χ1) is 25.9. The van der Waals surface area contributed by atoms with E-state index < -0.39 is 34.3 Å². The number of fused-ring (bicyclic) bond motifs is 7. The van der Waals surface area contributed by atoms with Gasteiger partial charge in [0, 0.05) is 11.8 Å². The summed E-state index contributed by atoms with van der Waals surface area (Å²) >= 11 is 0. The molecule has 10 heteroatoms. The number of carboxylic acids is 1. The molecule has 0 bridgehead atoms. The van der Waals surface area contributed by atoms with Crippen LogP contribution in [0, 0.1) is 62.6 Å². The molecule has 6 aliphatic carbocycles. The number of carbonyl (C=O) groups is 5. The zero-order valence-corrected chi connectivity index (χ0v) is 36.2. The summed E-state index contributed by atoms with van der Waals surface area (Å²) in [4.78, 5) is 67.0. The molecule has 312 valence electrons. The van der Waals surface area contributed by atoms with Crippen LogP contribution in [0.3, 0.4) is 0 Å². The Balaban J connectivity index is 1.13. The molecule has 0 radical (unpaired) electrons. The van der Waals surface area contributed by atoms with Crippen molar-refractivity contribution >= 4 is 29.5 Å². The van der Waals surface area contributed by atoms with Gasteiger partial charge >= 0.3 is 11.9 Å². The molecule has 1 aliphatic heterocycles. The maximum absolute atomic E-state index is 14.3. The van der Waals surface area contributed by atoms with E-state index in [-0.39, 0.29) is 75.6 Å². The van der Waals surface area contributed by atoms with Gasteiger partial charge in [0.25, 0.3) is 0 Å². The Morgan fingerprint density at radius 2 is 1.54 bits per heavy atom. The van der Waals surface area contributed by atoms with Gasteiger partial charge < -0.3 is 25.8 Å². The summed E-state index contributed by atoms with van der Waals surface area (Å²) in [5.74, 6) is -1.23. The highest BCUT2D eigenvalue weighted by molar-refractivity contribution is 6.03. The molecule has 0 spiro atoms. The number of carbonyl (C=O) groups excluding carboxylic acids is 4. The van der Waals surface area contributed by atoms with Crippen molar-refractivity contribution < 1.29 is 33.8 Å². The molecule has 0 aromatic heterocycles. The topological polar surface area (TPSA) is 151 Å². The van der Waals surface area contributed by atoms with Crippen LogP contribution in [0.1, 0.15) is 153 Å². The average Bonchev–Trinajstić information content (AvgIpc) is 3.72. The van der Waals surface area contributed by atoms with Gasteiger partial charge in [-0.15, -0.1) is 0 Å². The molecule has 2 amide bonds. The quantitative estimate of drug-likeness (QED) is 0.190. The molecule has 7 aliphatic rings. The number of aliphatic carboxylic acids is 1. The lowest BCUT2D eigenvalue weighted by molar-refractivity contribution is -0.235. The van der Waals surface area contributed by atoms with Gasteiger partial charge in [0.2, 0.25) is 11.8 Å². The Morgan fingerprint density at radius 3 is 2.14 bits per heavy atom. The van der Waals surface area contributed by atoms with Crippen molar-refractivity contribution in [3.63, 3.8) is 0 Å². The largest absolute Gasteiger partial charge is 0.481 e. The van der Waals surface area contributed by atoms with Crippen molar-refractivity contribution in [2.75, 3.05) is 6.54 Å². The minimum Gasteiger partial charge on any atom is -0.481 e. The summed E-state index contributed by atoms with van der Waals surface area (Å²) in [5, 5.41) is 19.4. The summed E-state index contributed by atoms with van der Waals surface area (Å²) in [6.45, 7) is 24.5. The van der Waals surface area contributed by atoms with Crippen LogP contribution in [-0.4, -0.2) is 64.4 Å². The fourth-order valence-electron chi connectivity index (χ4n) is 14.6. The van der Waals surface area contributed by atoms with E-state index in [1.54, 1.807) is 13.8 Å². The first-order valence-corrected chi connectivity index (χ1v) is 22.0. The molecule has 7 rings (SSSR count). The lowest BCUT2D eigenvalue weighted by atomic mass is 9.33. The maximum Gasteiger partial charge on any atom is 0.309 e. The van der Waals surface area contributed by atoms with Crippen LogP contribution >= 0.6 is 0 Å². The van der Waals surface area contributed by atoms with Crippen molar-refractivity contribution in [3.05, 3.63) is 11.1 Å². The molecule has 1 saturated heterocycles. The van der Waals surface area contributed by atoms with Crippen LogP contribution in [0.5, 0.6) is 0 Å². The molecule has 1 unspecified atom stereocenters. The Bertz CT molecular complexity index is 1720. The molecule has 56 heavy (non-hydrogen) atoms. The van der Waals surface area contributed by atoms with Crippen LogP contribution in [0.4, 0.5) is 0 Å². The fraction of sp³-hybridized carbons (Fsp3) is 0.848. The van der Waals surface area contributed by atoms with Gasteiger partial charge in [0.05, 0.1) is 23.4 Å². The van der Waals surface area contributed by atoms with Crippen molar-refractivity contribution in [3.8, 4) is 0 Å². The summed E-state index contributed by atoms with van der Waals surface area (Å²) in [7, 11) is 0. The Morgan fingerprint density at radius 1 is 0.839 bits per heavy atom. The number of hydrogen-bond donors (Lipinski definition) is 4. The molecular formula is C46H71N3O7. The highest BCUT2D eigenvalue weighted by Gasteiger charge is 2.71. The second-order valence-corrected chi connectivity index (χ2v) is 22.3. The number of hydrogen-bond acceptors (Lipinski definition) is 7. The van der Waals surface area contributed by atoms with Gasteiger partial charge in [-0.05, 0) is 147 Å². The van der Waals surface area contributed by atoms with Gasteiger partial charge in [-0.25, -0.2) is 0 Å². The van der Waals surface area contributed by atoms with Gasteiger partial charge in [-0.2, -0.15) is 0 Å². The van der Waals surface area contributed by atoms with Crippen LogP contribution < -0.4 is 16.0 Å². The molecule has 5 saturated carbocycles. The highest BCUT2D eigenvalue weighted by atomic mass is 16.5. The normalized spacial score (nSPS) is 42.4. The standard InChI is InChI=1S/C46H71N3O7/c1-25(2)34-30(50)24-46(49-39(55)42(7,8)48-36(51)29-13-12-22-47-29)21-20-44(10)26(35(34)46)14-15-32-43(9)18-17-33(41(5,6)31(43)16-19-45(32,44)11)56-38(54)28-23-27(37(52)53)40(28,3)4/h25-29,31-33,47H,12-24H2,1-11H3,(H,48,51)(H,49,55)(H,52,53)/t26-,27+,28?,29+,31+,32-,33+,43+,44-,45-,46-/m1/s1. The van der Waals surface area contributed by atoms with Gasteiger partial charge in [-0.1, -0.05) is 62.3 Å². The number of Topliss-reactive ketones (excluding diaryl/α,β-unsaturated/α-hetero) is 1. The molecule has 0 aromatic rings. The van der Waals surface area contributed by atoms with Crippen molar-refractivity contribution in [2.24, 2.45) is 62.6 Å². The third-order valence-corrected chi connectivity index (χ3v) is 18.2. The fourth-order valence-corrected chi connectivity index (χ4v) is 14.6. The predicted molar refractivity (Wildman–Crippen MR) is 214 cm³/mol. The summed E-state index contributed by atoms with van der Waals surface area (Å²) in [5.41, 5.74) is -0.714. The number of ether oxygens (including phenoxy) is 1. The van der Waals surface area contributed by atoms with E-state index in [9.17, 15) is 29.1 Å². The third-order valence-electron chi connectivity index (χ3n) is 18.2. The Hall–Kier alpha value is -2.75. The predicted octanol–water partition coefficient (Wildman–Crippen LogP) is 7.14. The lowest BCUT2D eigenvalue weighted by Crippen LogP contribution is -2.68. The first kappa shape index (κ1) is 41.4. The second kappa shape index (κ2) is 13.4. The van der Waals surface area contributed by atoms with E-state index in [1.807, 2.05) is 13.8 Å². The van der Waals surface area contributed by atoms with Crippen molar-refractivity contribution in [2.45, 2.75) is 176 Å². The number of rotatable bonds is 8. The van der Waals surface area contributed by atoms with E-state index in [0.29, 0.717) is 24.7 Å². The molecule has 11 atom stereocenters. The van der Waals surface area contributed by atoms with Crippen molar-refractivity contribution in [1.29, 1.82) is 0 Å². The number of esters is 1. The number of carboxylic acid groups (broad SMARTS) is 1. The minimum absolute atomic E-state index is 0.000974. The van der Waals surface area contributed by atoms with E-state index in [0.717, 1.165) is 69.9 Å². The number of nitrogens with one attached hydrogen (secondary N) is 3.